The van der Waals surface area contributed by atoms with Crippen LogP contribution >= 0.6 is 0 Å². The number of carbonyl (C=O) groups is 4. The van der Waals surface area contributed by atoms with E-state index in [9.17, 15) is 24.3 Å². The highest BCUT2D eigenvalue weighted by molar-refractivity contribution is 6.47. The lowest BCUT2D eigenvalue weighted by Crippen LogP contribution is -2.60. The van der Waals surface area contributed by atoms with Crippen LogP contribution in [0.25, 0.3) is 0 Å². The molecule has 1 aliphatic carbocycles. The Kier molecular flexibility index (Phi) is 12.0. The zero-order chi connectivity index (χ0) is 26.8. The third kappa shape index (κ3) is 9.40. The lowest BCUT2D eigenvalue weighted by molar-refractivity contribution is -0.191. The summed E-state index contributed by atoms with van der Waals surface area (Å²) in [5, 5.41) is 21.4. The number of hydrogen-bond acceptors (Lipinski definition) is 10. The fourth-order valence-electron chi connectivity index (χ4n) is 4.36. The highest BCUT2D eigenvalue weighted by Gasteiger charge is 2.47. The molecule has 2 aliphatic rings. The molecule has 14 heteroatoms. The molecule has 0 aromatic heterocycles. The maximum absolute atomic E-state index is 12.2. The van der Waals surface area contributed by atoms with Gasteiger partial charge in [-0.3, -0.25) is 19.2 Å². The molecule has 1 amide bonds. The van der Waals surface area contributed by atoms with Crippen molar-refractivity contribution in [3.63, 3.8) is 0 Å². The van der Waals surface area contributed by atoms with E-state index in [0.717, 1.165) is 0 Å². The molecule has 1 saturated carbocycles. The number of carbonyl (C=O) groups excluding carboxylic acids is 4. The maximum atomic E-state index is 12.2. The van der Waals surface area contributed by atoms with Gasteiger partial charge in [-0.1, -0.05) is 20.3 Å². The van der Waals surface area contributed by atoms with E-state index in [1.165, 1.54) is 0 Å². The molecule has 35 heavy (non-hydrogen) atoms. The Morgan fingerprint density at radius 1 is 1.26 bits per heavy atom. The maximum Gasteiger partial charge on any atom is 0.527 e. The second kappa shape index (κ2) is 13.9. The van der Waals surface area contributed by atoms with Crippen LogP contribution in [0.4, 0.5) is 0 Å². The Morgan fingerprint density at radius 2 is 1.89 bits per heavy atom. The molecule has 7 N–H and O–H groups in total. The van der Waals surface area contributed by atoms with Crippen molar-refractivity contribution >= 4 is 37.1 Å². The molecule has 0 aromatic rings. The fourth-order valence-corrected chi connectivity index (χ4v) is 4.36. The smallest absolute Gasteiger partial charge is 0.509 e. The van der Waals surface area contributed by atoms with Crippen molar-refractivity contribution in [2.45, 2.75) is 76.4 Å². The Hall–Kier alpha value is -2.80. The second-order valence-corrected chi connectivity index (χ2v) is 9.35. The molecule has 1 heterocycles. The first-order chi connectivity index (χ1) is 16.3. The third-order valence-corrected chi connectivity index (χ3v) is 6.43. The molecule has 5 atom stereocenters. The van der Waals surface area contributed by atoms with Gasteiger partial charge in [0.25, 0.3) is 5.97 Å². The largest absolute Gasteiger partial charge is 0.527 e. The van der Waals surface area contributed by atoms with Gasteiger partial charge in [0, 0.05) is 12.5 Å². The lowest BCUT2D eigenvalue weighted by Gasteiger charge is -2.42. The first-order valence-corrected chi connectivity index (χ1v) is 11.5. The standard InChI is InChI=1S/C20H34BN3O8.CO2/c1-11(2)17(22)18(28)24-10-13-4-3-12(9-20(13,23)19(29)30)5-6-21-31-14(7-15(25)26)8-16(27)32-21;2-1-3/h11-14,17H,3-10,22-23H2,1-2H3,(H,24,28)(H,25,26)(H,29,30);/t12-,13-,14?,17-,20+;/m0./s1. The van der Waals surface area contributed by atoms with Gasteiger partial charge in [-0.05, 0) is 37.4 Å². The van der Waals surface area contributed by atoms with Crippen LogP contribution in [-0.4, -0.2) is 71.5 Å². The summed E-state index contributed by atoms with van der Waals surface area (Å²) < 4.78 is 10.7. The van der Waals surface area contributed by atoms with Crippen LogP contribution in [0.1, 0.15) is 52.4 Å². The first-order valence-electron chi connectivity index (χ1n) is 11.5. The first kappa shape index (κ1) is 30.2. The number of hydrogen-bond donors (Lipinski definition) is 5. The van der Waals surface area contributed by atoms with Gasteiger partial charge in [0.1, 0.15) is 5.54 Å². The molecule has 0 aromatic carbocycles. The van der Waals surface area contributed by atoms with Gasteiger partial charge >= 0.3 is 25.2 Å². The minimum atomic E-state index is -1.51. The Balaban J connectivity index is 0.00000194. The van der Waals surface area contributed by atoms with Crippen LogP contribution in [0.2, 0.25) is 6.32 Å². The second-order valence-electron chi connectivity index (χ2n) is 9.35. The van der Waals surface area contributed by atoms with Crippen LogP contribution in [0.15, 0.2) is 0 Å². The number of nitrogens with two attached hydrogens (primary N) is 2. The van der Waals surface area contributed by atoms with E-state index in [1.807, 2.05) is 13.8 Å². The predicted molar refractivity (Wildman–Crippen MR) is 119 cm³/mol. The van der Waals surface area contributed by atoms with E-state index in [0.29, 0.717) is 25.6 Å². The Bertz CT molecular complexity index is 802. The highest BCUT2D eigenvalue weighted by atomic mass is 16.6. The van der Waals surface area contributed by atoms with E-state index in [-0.39, 0.29) is 49.7 Å². The number of aliphatic carboxylic acids is 2. The van der Waals surface area contributed by atoms with E-state index >= 15 is 0 Å². The lowest BCUT2D eigenvalue weighted by atomic mass is 9.66. The SMILES string of the molecule is CC(C)[C@H](N)C(=O)NC[C@@H]1CC[C@@H](CCB2OC(=O)CC(CC(=O)O)O2)C[C@]1(N)C(=O)O.O=C=O. The van der Waals surface area contributed by atoms with Gasteiger partial charge < -0.3 is 36.3 Å². The summed E-state index contributed by atoms with van der Waals surface area (Å²) in [6, 6.07) is -0.675. The van der Waals surface area contributed by atoms with Crippen LogP contribution in [-0.2, 0) is 38.1 Å². The van der Waals surface area contributed by atoms with Gasteiger partial charge in [-0.15, -0.1) is 0 Å². The average molecular weight is 499 g/mol. The van der Waals surface area contributed by atoms with Gasteiger partial charge in [0.2, 0.25) is 5.91 Å². The number of carboxylic acid groups (broad SMARTS) is 2. The molecule has 1 saturated heterocycles. The zero-order valence-corrected chi connectivity index (χ0v) is 19.9. The summed E-state index contributed by atoms with van der Waals surface area (Å²) in [6.45, 7) is 3.79. The monoisotopic (exact) mass is 499 g/mol. The van der Waals surface area contributed by atoms with Gasteiger partial charge in [-0.2, -0.15) is 9.59 Å². The summed E-state index contributed by atoms with van der Waals surface area (Å²) in [6.07, 6.45) is 1.38. The number of carboxylic acids is 2. The Labute approximate surface area is 203 Å². The molecule has 1 aliphatic heterocycles. The normalized spacial score (nSPS) is 27.1. The van der Waals surface area contributed by atoms with E-state index in [2.05, 4.69) is 5.32 Å². The number of nitrogens with one attached hydrogen (secondary N) is 1. The van der Waals surface area contributed by atoms with Gasteiger partial charge in [0.15, 0.2) is 0 Å². The minimum Gasteiger partial charge on any atom is -0.509 e. The third-order valence-electron chi connectivity index (χ3n) is 6.43. The molecule has 0 radical (unpaired) electrons. The summed E-state index contributed by atoms with van der Waals surface area (Å²) in [5.41, 5.74) is 10.6. The van der Waals surface area contributed by atoms with Crippen molar-refractivity contribution in [1.82, 2.24) is 5.32 Å². The van der Waals surface area contributed by atoms with Crippen LogP contribution in [0.3, 0.4) is 0 Å². The van der Waals surface area contributed by atoms with Gasteiger partial charge in [-0.25, -0.2) is 0 Å². The molecule has 0 spiro atoms. The molecule has 196 valence electrons. The van der Waals surface area contributed by atoms with Crippen molar-refractivity contribution < 1.29 is 48.3 Å². The molecular formula is C21H34BN3O10. The molecule has 0 bridgehead atoms. The predicted octanol–water partition coefficient (Wildman–Crippen LogP) is -0.614. The number of rotatable bonds is 10. The van der Waals surface area contributed by atoms with Crippen LogP contribution < -0.4 is 16.8 Å². The highest BCUT2D eigenvalue weighted by Crippen LogP contribution is 2.38. The summed E-state index contributed by atoms with van der Waals surface area (Å²) in [7, 11) is -0.855. The molecule has 2 rings (SSSR count). The summed E-state index contributed by atoms with van der Waals surface area (Å²) in [5.74, 6) is -3.55. The van der Waals surface area contributed by atoms with Crippen LogP contribution in [0.5, 0.6) is 0 Å². The van der Waals surface area contributed by atoms with Crippen molar-refractivity contribution in [1.29, 1.82) is 0 Å². The molecule has 13 nitrogen and oxygen atoms in total. The van der Waals surface area contributed by atoms with E-state index < -0.39 is 48.6 Å². The average Bonchev–Trinajstić information content (AvgIpc) is 2.75. The molecule has 2 fully saturated rings. The fraction of sp³-hybridized carbons (Fsp3) is 0.762. The summed E-state index contributed by atoms with van der Waals surface area (Å²) >= 11 is 0. The summed E-state index contributed by atoms with van der Waals surface area (Å²) in [4.78, 5) is 63.0. The quantitative estimate of drug-likeness (QED) is 0.237. The topological polar surface area (TPSA) is 225 Å². The number of amides is 1. The molecule has 1 unspecified atom stereocenters. The molecular weight excluding hydrogens is 465 g/mol. The van der Waals surface area contributed by atoms with Crippen molar-refractivity contribution in [2.75, 3.05) is 6.54 Å². The van der Waals surface area contributed by atoms with Crippen molar-refractivity contribution in [3.05, 3.63) is 0 Å². The Morgan fingerprint density at radius 3 is 2.43 bits per heavy atom. The van der Waals surface area contributed by atoms with Crippen LogP contribution in [0, 0.1) is 17.8 Å². The minimum absolute atomic E-state index is 0.0388. The van der Waals surface area contributed by atoms with Gasteiger partial charge in [0.05, 0.1) is 25.0 Å². The van der Waals surface area contributed by atoms with E-state index in [1.54, 1.807) is 0 Å². The van der Waals surface area contributed by atoms with Crippen molar-refractivity contribution in [3.8, 4) is 0 Å². The van der Waals surface area contributed by atoms with E-state index in [4.69, 9.17) is 35.5 Å². The zero-order valence-electron chi connectivity index (χ0n) is 19.9. The van der Waals surface area contributed by atoms with Crippen molar-refractivity contribution in [2.24, 2.45) is 29.2 Å².